The van der Waals surface area contributed by atoms with Gasteiger partial charge in [-0.1, -0.05) is 44.2 Å². The number of carboxylic acids is 1. The van der Waals surface area contributed by atoms with Crippen LogP contribution >= 0.6 is 0 Å². The van der Waals surface area contributed by atoms with E-state index >= 15 is 0 Å². The number of nitriles is 1. The molecule has 3 aromatic rings. The van der Waals surface area contributed by atoms with Gasteiger partial charge in [-0.2, -0.15) is 5.26 Å². The van der Waals surface area contributed by atoms with Crippen LogP contribution in [-0.4, -0.2) is 41.6 Å². The minimum Gasteiger partial charge on any atom is -0.493 e. The first-order valence-electron chi connectivity index (χ1n) is 12.4. The molecule has 7 heteroatoms. The Morgan fingerprint density at radius 3 is 2.51 bits per heavy atom. The molecule has 0 saturated carbocycles. The van der Waals surface area contributed by atoms with E-state index in [0.717, 1.165) is 6.42 Å². The van der Waals surface area contributed by atoms with Gasteiger partial charge in [-0.3, -0.25) is 9.59 Å². The lowest BCUT2D eigenvalue weighted by molar-refractivity contribution is -0.139. The molecule has 0 bridgehead atoms. The zero-order valence-electron chi connectivity index (χ0n) is 21.0. The van der Waals surface area contributed by atoms with Gasteiger partial charge in [-0.05, 0) is 54.7 Å². The van der Waals surface area contributed by atoms with Gasteiger partial charge in [0.15, 0.2) is 0 Å². The van der Waals surface area contributed by atoms with Crippen LogP contribution in [0.15, 0.2) is 66.7 Å². The Labute approximate surface area is 216 Å². The molecule has 1 atom stereocenters. The molecule has 1 unspecified atom stereocenters. The minimum absolute atomic E-state index is 0.0456. The highest BCUT2D eigenvalue weighted by Gasteiger charge is 2.29. The van der Waals surface area contributed by atoms with Crippen LogP contribution in [0, 0.1) is 17.2 Å². The number of fused-ring (bicyclic) bond motifs is 1. The number of nitrogens with zero attached hydrogens (tertiary/aromatic N) is 2. The van der Waals surface area contributed by atoms with Crippen LogP contribution in [0.2, 0.25) is 0 Å². The van der Waals surface area contributed by atoms with Crippen molar-refractivity contribution in [2.45, 2.75) is 32.6 Å². The summed E-state index contributed by atoms with van der Waals surface area (Å²) in [5, 5.41) is 19.1. The molecular weight excluding hydrogens is 468 g/mol. The molecule has 0 saturated heterocycles. The molecule has 1 N–H and O–H groups in total. The van der Waals surface area contributed by atoms with Crippen molar-refractivity contribution in [2.75, 3.05) is 19.7 Å². The molecule has 0 aromatic heterocycles. The highest BCUT2D eigenvalue weighted by Crippen LogP contribution is 2.39. The molecule has 0 spiro atoms. The molecule has 3 aromatic carbocycles. The van der Waals surface area contributed by atoms with E-state index in [2.05, 4.69) is 32.0 Å². The van der Waals surface area contributed by atoms with Crippen LogP contribution in [0.5, 0.6) is 17.2 Å². The molecular formula is C30H30N2O5. The van der Waals surface area contributed by atoms with E-state index in [1.807, 2.05) is 23.1 Å². The Hall–Kier alpha value is -4.31. The summed E-state index contributed by atoms with van der Waals surface area (Å²) in [5.74, 6) is -0.242. The maximum atomic E-state index is 13.3. The fourth-order valence-electron chi connectivity index (χ4n) is 4.45. The van der Waals surface area contributed by atoms with E-state index < -0.39 is 11.9 Å². The van der Waals surface area contributed by atoms with Crippen molar-refractivity contribution in [1.29, 1.82) is 5.26 Å². The first kappa shape index (κ1) is 25.8. The van der Waals surface area contributed by atoms with Crippen molar-refractivity contribution in [3.05, 3.63) is 89.0 Å². The number of ether oxygens (including phenoxy) is 2. The molecule has 1 aliphatic rings. The van der Waals surface area contributed by atoms with Crippen molar-refractivity contribution in [1.82, 2.24) is 4.90 Å². The molecule has 37 heavy (non-hydrogen) atoms. The summed E-state index contributed by atoms with van der Waals surface area (Å²) in [4.78, 5) is 26.8. The second kappa shape index (κ2) is 11.6. The second-order valence-corrected chi connectivity index (χ2v) is 9.53. The fraction of sp³-hybridized carbons (Fsp3) is 0.300. The lowest BCUT2D eigenvalue weighted by Crippen LogP contribution is -2.35. The van der Waals surface area contributed by atoms with Gasteiger partial charge in [0.05, 0.1) is 18.1 Å². The van der Waals surface area contributed by atoms with Gasteiger partial charge in [0.2, 0.25) is 0 Å². The fourth-order valence-corrected chi connectivity index (χ4v) is 4.45. The van der Waals surface area contributed by atoms with Gasteiger partial charge in [-0.15, -0.1) is 0 Å². The molecule has 0 radical (unpaired) electrons. The van der Waals surface area contributed by atoms with Gasteiger partial charge in [-0.25, -0.2) is 0 Å². The third kappa shape index (κ3) is 6.28. The Morgan fingerprint density at radius 1 is 1.14 bits per heavy atom. The van der Waals surface area contributed by atoms with Crippen molar-refractivity contribution < 1.29 is 24.2 Å². The van der Waals surface area contributed by atoms with Crippen LogP contribution < -0.4 is 9.47 Å². The molecule has 190 valence electrons. The average Bonchev–Trinajstić information content (AvgIpc) is 2.90. The van der Waals surface area contributed by atoms with Crippen LogP contribution in [0.25, 0.3) is 0 Å². The number of aliphatic carboxylic acids is 1. The smallest absolute Gasteiger partial charge is 0.311 e. The average molecular weight is 499 g/mol. The van der Waals surface area contributed by atoms with E-state index in [1.54, 1.807) is 30.3 Å². The zero-order chi connectivity index (χ0) is 26.4. The Morgan fingerprint density at radius 2 is 1.86 bits per heavy atom. The first-order chi connectivity index (χ1) is 17.9. The highest BCUT2D eigenvalue weighted by molar-refractivity contribution is 5.94. The number of amides is 1. The summed E-state index contributed by atoms with van der Waals surface area (Å²) < 4.78 is 11.6. The summed E-state index contributed by atoms with van der Waals surface area (Å²) in [6.07, 6.45) is 1.13. The van der Waals surface area contributed by atoms with E-state index in [4.69, 9.17) is 9.47 Å². The maximum Gasteiger partial charge on any atom is 0.311 e. The number of carboxylic acid groups (broad SMARTS) is 1. The lowest BCUT2D eigenvalue weighted by atomic mass is 9.91. The molecule has 0 aliphatic carbocycles. The minimum atomic E-state index is -0.947. The number of rotatable bonds is 9. The summed E-state index contributed by atoms with van der Waals surface area (Å²) in [5.41, 5.74) is 2.44. The molecule has 1 aliphatic heterocycles. The number of hydrogen-bond acceptors (Lipinski definition) is 5. The topological polar surface area (TPSA) is 99.9 Å². The molecule has 7 nitrogen and oxygen atoms in total. The van der Waals surface area contributed by atoms with Gasteiger partial charge in [0, 0.05) is 30.3 Å². The number of hydrogen-bond donors (Lipinski definition) is 1. The number of benzene rings is 3. The van der Waals surface area contributed by atoms with E-state index in [-0.39, 0.29) is 23.8 Å². The molecule has 0 fully saturated rings. The first-order valence-corrected chi connectivity index (χ1v) is 12.4. The predicted molar refractivity (Wildman–Crippen MR) is 139 cm³/mol. The lowest BCUT2D eigenvalue weighted by Gasteiger charge is -2.25. The second-order valence-electron chi connectivity index (χ2n) is 9.53. The van der Waals surface area contributed by atoms with Gasteiger partial charge >= 0.3 is 5.97 Å². The van der Waals surface area contributed by atoms with Crippen molar-refractivity contribution in [2.24, 2.45) is 5.92 Å². The van der Waals surface area contributed by atoms with E-state index in [0.29, 0.717) is 48.1 Å². The molecule has 1 heterocycles. The van der Waals surface area contributed by atoms with Crippen molar-refractivity contribution >= 4 is 11.9 Å². The summed E-state index contributed by atoms with van der Waals surface area (Å²) in [6, 6.07) is 22.1. The van der Waals surface area contributed by atoms with Crippen LogP contribution in [0.3, 0.4) is 0 Å². The normalized spacial score (nSPS) is 14.3. The molecule has 4 rings (SSSR count). The zero-order valence-corrected chi connectivity index (χ0v) is 21.0. The van der Waals surface area contributed by atoms with Crippen molar-refractivity contribution in [3.63, 3.8) is 0 Å². The third-order valence-corrected chi connectivity index (χ3v) is 6.29. The predicted octanol–water partition coefficient (Wildman–Crippen LogP) is 5.64. The van der Waals surface area contributed by atoms with Gasteiger partial charge in [0.1, 0.15) is 23.3 Å². The highest BCUT2D eigenvalue weighted by atomic mass is 16.5. The standard InChI is InChI=1S/C30H30N2O5/c1-20(2)19-32(14-12-21-6-4-3-5-7-21)29(33)22-8-10-24(11-9-22)37-27-17-28-26(16-23(27)18-31)25(30(34)35)13-15-36-28/h3-11,16-17,20,25H,12-15,19H2,1-2H3,(H,34,35). The van der Waals surface area contributed by atoms with Crippen LogP contribution in [0.1, 0.15) is 53.2 Å². The van der Waals surface area contributed by atoms with Crippen molar-refractivity contribution in [3.8, 4) is 23.3 Å². The third-order valence-electron chi connectivity index (χ3n) is 6.29. The quantitative estimate of drug-likeness (QED) is 0.410. The Bertz CT molecular complexity index is 1300. The largest absolute Gasteiger partial charge is 0.493 e. The van der Waals surface area contributed by atoms with Gasteiger partial charge in [0.25, 0.3) is 5.91 Å². The molecule has 1 amide bonds. The Kier molecular flexibility index (Phi) is 8.09. The van der Waals surface area contributed by atoms with Crippen LogP contribution in [-0.2, 0) is 11.2 Å². The summed E-state index contributed by atoms with van der Waals surface area (Å²) >= 11 is 0. The number of carbonyl (C=O) groups excluding carboxylic acids is 1. The Balaban J connectivity index is 1.50. The van der Waals surface area contributed by atoms with Crippen LogP contribution in [0.4, 0.5) is 0 Å². The van der Waals surface area contributed by atoms with Gasteiger partial charge < -0.3 is 19.5 Å². The SMILES string of the molecule is CC(C)CN(CCc1ccccc1)C(=O)c1ccc(Oc2cc3c(cc2C#N)C(C(=O)O)CCO3)cc1. The summed E-state index contributed by atoms with van der Waals surface area (Å²) in [6.45, 7) is 5.74. The monoisotopic (exact) mass is 498 g/mol. The summed E-state index contributed by atoms with van der Waals surface area (Å²) in [7, 11) is 0. The maximum absolute atomic E-state index is 13.3. The van der Waals surface area contributed by atoms with E-state index in [1.165, 1.54) is 11.6 Å². The van der Waals surface area contributed by atoms with E-state index in [9.17, 15) is 20.0 Å². The number of carbonyl (C=O) groups is 2.